The second-order valence-electron chi connectivity index (χ2n) is 7.56. The molecule has 158 valence electrons. The summed E-state index contributed by atoms with van der Waals surface area (Å²) in [5.41, 5.74) is -0.0807. The molecule has 9 nitrogen and oxygen atoms in total. The molecule has 0 amide bonds. The normalized spacial score (nSPS) is 18.7. The molecular formula is C19H26N4O5S. The Morgan fingerprint density at radius 3 is 2.28 bits per heavy atom. The van der Waals surface area contributed by atoms with E-state index in [4.69, 9.17) is 9.47 Å². The zero-order valence-electron chi connectivity index (χ0n) is 16.9. The maximum atomic E-state index is 13.1. The number of hydrogen-bond donors (Lipinski definition) is 0. The number of sulfonamides is 1. The number of rotatable bonds is 6. The Labute approximate surface area is 169 Å². The smallest absolute Gasteiger partial charge is 0.345 e. The van der Waals surface area contributed by atoms with E-state index >= 15 is 0 Å². The van der Waals surface area contributed by atoms with Gasteiger partial charge >= 0.3 is 5.69 Å². The van der Waals surface area contributed by atoms with Crippen molar-refractivity contribution in [1.29, 1.82) is 0 Å². The molecule has 10 heteroatoms. The highest BCUT2D eigenvalue weighted by molar-refractivity contribution is 7.89. The predicted molar refractivity (Wildman–Crippen MR) is 106 cm³/mol. The van der Waals surface area contributed by atoms with E-state index in [1.165, 1.54) is 35.3 Å². The molecule has 4 rings (SSSR count). The zero-order chi connectivity index (χ0) is 20.8. The average Bonchev–Trinajstić information content (AvgIpc) is 3.53. The summed E-state index contributed by atoms with van der Waals surface area (Å²) in [4.78, 5) is 12.6. The topological polar surface area (TPSA) is 95.7 Å². The summed E-state index contributed by atoms with van der Waals surface area (Å²) in [6.07, 6.45) is 3.28. The Bertz CT molecular complexity index is 1060. The highest BCUT2D eigenvalue weighted by Gasteiger charge is 2.36. The first kappa shape index (κ1) is 20.0. The van der Waals surface area contributed by atoms with Crippen LogP contribution in [-0.4, -0.2) is 54.4 Å². The van der Waals surface area contributed by atoms with Crippen molar-refractivity contribution in [2.24, 2.45) is 7.05 Å². The van der Waals surface area contributed by atoms with Gasteiger partial charge < -0.3 is 9.47 Å². The fraction of sp³-hybridized carbons (Fsp3) is 0.579. The maximum absolute atomic E-state index is 13.1. The third-order valence-electron chi connectivity index (χ3n) is 5.71. The van der Waals surface area contributed by atoms with E-state index in [0.29, 0.717) is 37.4 Å². The standard InChI is InChI=1S/C19H26N4O5S/c1-21-19(24)23(14-4-5-14)18(20-21)13-8-10-22(11-9-13)29(25,26)15-6-7-16(27-2)17(12-15)28-3/h6-7,12-14H,4-5,8-11H2,1-3H3. The van der Waals surface area contributed by atoms with Gasteiger partial charge in [-0.05, 0) is 37.8 Å². The van der Waals surface area contributed by atoms with Gasteiger partial charge in [0.05, 0.1) is 19.1 Å². The molecule has 0 unspecified atom stereocenters. The Hall–Kier alpha value is -2.33. The van der Waals surface area contributed by atoms with Crippen molar-refractivity contribution in [3.8, 4) is 11.5 Å². The van der Waals surface area contributed by atoms with Crippen LogP contribution in [0.1, 0.15) is 43.5 Å². The second kappa shape index (κ2) is 7.49. The van der Waals surface area contributed by atoms with E-state index in [1.807, 2.05) is 4.57 Å². The van der Waals surface area contributed by atoms with Crippen LogP contribution in [0.25, 0.3) is 0 Å². The van der Waals surface area contributed by atoms with Crippen LogP contribution in [0.4, 0.5) is 0 Å². The maximum Gasteiger partial charge on any atom is 0.345 e. The van der Waals surface area contributed by atoms with Gasteiger partial charge in [0.15, 0.2) is 11.5 Å². The SMILES string of the molecule is COc1ccc(S(=O)(=O)N2CCC(c3nn(C)c(=O)n3C3CC3)CC2)cc1OC. The lowest BCUT2D eigenvalue weighted by atomic mass is 9.97. The van der Waals surface area contributed by atoms with Gasteiger partial charge in [-0.1, -0.05) is 0 Å². The largest absolute Gasteiger partial charge is 0.493 e. The Morgan fingerprint density at radius 1 is 1.03 bits per heavy atom. The van der Waals surface area contributed by atoms with Crippen LogP contribution >= 0.6 is 0 Å². The number of benzene rings is 1. The molecule has 1 aromatic carbocycles. The Balaban J connectivity index is 1.53. The first-order valence-corrected chi connectivity index (χ1v) is 11.2. The summed E-state index contributed by atoms with van der Waals surface area (Å²) in [5, 5.41) is 4.45. The lowest BCUT2D eigenvalue weighted by molar-refractivity contribution is 0.308. The second-order valence-corrected chi connectivity index (χ2v) is 9.50. The van der Waals surface area contributed by atoms with Crippen LogP contribution in [0.5, 0.6) is 11.5 Å². The molecule has 0 spiro atoms. The van der Waals surface area contributed by atoms with Gasteiger partial charge in [0.2, 0.25) is 10.0 Å². The minimum atomic E-state index is -3.64. The highest BCUT2D eigenvalue weighted by atomic mass is 32.2. The van der Waals surface area contributed by atoms with Gasteiger partial charge in [0.1, 0.15) is 5.82 Å². The summed E-state index contributed by atoms with van der Waals surface area (Å²) >= 11 is 0. The van der Waals surface area contributed by atoms with E-state index in [-0.39, 0.29) is 22.5 Å². The van der Waals surface area contributed by atoms with Crippen molar-refractivity contribution in [3.63, 3.8) is 0 Å². The third kappa shape index (κ3) is 3.55. The van der Waals surface area contributed by atoms with Gasteiger partial charge in [0.25, 0.3) is 0 Å². The molecule has 0 bridgehead atoms. The van der Waals surface area contributed by atoms with Gasteiger partial charge in [-0.25, -0.2) is 17.9 Å². The van der Waals surface area contributed by atoms with Crippen molar-refractivity contribution in [1.82, 2.24) is 18.7 Å². The Kier molecular flexibility index (Phi) is 5.16. The molecule has 2 aliphatic rings. The molecule has 29 heavy (non-hydrogen) atoms. The number of methoxy groups -OCH3 is 2. The molecule has 0 radical (unpaired) electrons. The van der Waals surface area contributed by atoms with E-state index in [2.05, 4.69) is 5.10 Å². The summed E-state index contributed by atoms with van der Waals surface area (Å²) in [7, 11) is 1.02. The molecule has 1 aliphatic carbocycles. The number of nitrogens with zero attached hydrogens (tertiary/aromatic N) is 4. The molecule has 1 saturated carbocycles. The lowest BCUT2D eigenvalue weighted by Gasteiger charge is -2.31. The fourth-order valence-electron chi connectivity index (χ4n) is 3.93. The number of ether oxygens (including phenoxy) is 2. The molecule has 1 saturated heterocycles. The minimum Gasteiger partial charge on any atom is -0.493 e. The van der Waals surface area contributed by atoms with Crippen molar-refractivity contribution in [2.45, 2.75) is 42.5 Å². The van der Waals surface area contributed by atoms with Crippen LogP contribution in [0, 0.1) is 0 Å². The van der Waals surface area contributed by atoms with E-state index in [1.54, 1.807) is 13.1 Å². The monoisotopic (exact) mass is 422 g/mol. The van der Waals surface area contributed by atoms with Crippen LogP contribution in [0.15, 0.2) is 27.9 Å². The lowest BCUT2D eigenvalue weighted by Crippen LogP contribution is -2.38. The molecule has 2 aromatic rings. The van der Waals surface area contributed by atoms with Crippen LogP contribution < -0.4 is 15.2 Å². The highest BCUT2D eigenvalue weighted by Crippen LogP contribution is 2.38. The molecule has 2 heterocycles. The third-order valence-corrected chi connectivity index (χ3v) is 7.60. The van der Waals surface area contributed by atoms with E-state index < -0.39 is 10.0 Å². The average molecular weight is 423 g/mol. The van der Waals surface area contributed by atoms with Gasteiger partial charge in [-0.15, -0.1) is 0 Å². The van der Waals surface area contributed by atoms with Gasteiger partial charge in [0, 0.05) is 38.2 Å². The summed E-state index contributed by atoms with van der Waals surface area (Å²) in [6.45, 7) is 0.771. The summed E-state index contributed by atoms with van der Waals surface area (Å²) < 4.78 is 41.3. The van der Waals surface area contributed by atoms with Crippen LogP contribution in [0.2, 0.25) is 0 Å². The predicted octanol–water partition coefficient (Wildman–Crippen LogP) is 1.50. The first-order chi connectivity index (χ1) is 13.9. The van der Waals surface area contributed by atoms with Crippen LogP contribution in [0.3, 0.4) is 0 Å². The number of aryl methyl sites for hydroxylation is 1. The molecule has 0 N–H and O–H groups in total. The first-order valence-electron chi connectivity index (χ1n) is 9.74. The van der Waals surface area contributed by atoms with E-state index in [9.17, 15) is 13.2 Å². The molecule has 2 fully saturated rings. The van der Waals surface area contributed by atoms with Crippen molar-refractivity contribution < 1.29 is 17.9 Å². The Morgan fingerprint density at radius 2 is 1.69 bits per heavy atom. The van der Waals surface area contributed by atoms with Crippen molar-refractivity contribution in [3.05, 3.63) is 34.5 Å². The number of hydrogen-bond acceptors (Lipinski definition) is 6. The number of aromatic nitrogens is 3. The van der Waals surface area contributed by atoms with Gasteiger partial charge in [-0.3, -0.25) is 4.57 Å². The summed E-state index contributed by atoms with van der Waals surface area (Å²) in [5.74, 6) is 1.74. The molecular weight excluding hydrogens is 396 g/mol. The summed E-state index contributed by atoms with van der Waals surface area (Å²) in [6, 6.07) is 4.87. The van der Waals surface area contributed by atoms with Crippen molar-refractivity contribution >= 4 is 10.0 Å². The molecule has 1 aliphatic heterocycles. The quantitative estimate of drug-likeness (QED) is 0.700. The molecule has 1 aromatic heterocycles. The van der Waals surface area contributed by atoms with Crippen molar-refractivity contribution in [2.75, 3.05) is 27.3 Å². The van der Waals surface area contributed by atoms with Gasteiger partial charge in [-0.2, -0.15) is 9.40 Å². The number of piperidine rings is 1. The van der Waals surface area contributed by atoms with E-state index in [0.717, 1.165) is 18.7 Å². The fourth-order valence-corrected chi connectivity index (χ4v) is 5.42. The molecule has 0 atom stereocenters. The van der Waals surface area contributed by atoms with Crippen LogP contribution in [-0.2, 0) is 17.1 Å². The zero-order valence-corrected chi connectivity index (χ0v) is 17.7. The minimum absolute atomic E-state index is 0.0807.